The summed E-state index contributed by atoms with van der Waals surface area (Å²) < 4.78 is 6.80. The molecule has 2 N–H and O–H groups in total. The summed E-state index contributed by atoms with van der Waals surface area (Å²) in [4.78, 5) is 36.9. The molecule has 0 radical (unpaired) electrons. The van der Waals surface area contributed by atoms with E-state index in [0.29, 0.717) is 17.1 Å². The number of anilines is 1. The molecule has 1 heterocycles. The molecule has 0 aliphatic heterocycles. The van der Waals surface area contributed by atoms with Crippen LogP contribution in [0.3, 0.4) is 0 Å². The molecule has 0 saturated heterocycles. The number of para-hydroxylation sites is 1. The molecular weight excluding hydrogens is 456 g/mol. The second kappa shape index (κ2) is 11.4. The molecule has 0 spiro atoms. The summed E-state index contributed by atoms with van der Waals surface area (Å²) in [5.74, 6) is -1.39. The molecule has 36 heavy (non-hydrogen) atoms. The van der Waals surface area contributed by atoms with Crippen LogP contribution in [0.2, 0.25) is 0 Å². The lowest BCUT2D eigenvalue weighted by Crippen LogP contribution is -2.29. The van der Waals surface area contributed by atoms with Gasteiger partial charge < -0.3 is 15.4 Å². The van der Waals surface area contributed by atoms with Crippen LogP contribution in [0.25, 0.3) is 23.0 Å². The van der Waals surface area contributed by atoms with Crippen molar-refractivity contribution < 1.29 is 19.1 Å². The predicted molar refractivity (Wildman–Crippen MR) is 137 cm³/mol. The molecule has 0 aliphatic rings. The van der Waals surface area contributed by atoms with E-state index in [1.807, 2.05) is 66.7 Å². The molecule has 0 fully saturated rings. The van der Waals surface area contributed by atoms with Crippen molar-refractivity contribution in [2.45, 2.75) is 6.92 Å². The van der Waals surface area contributed by atoms with Gasteiger partial charge in [0.2, 0.25) is 5.91 Å². The number of aromatic nitrogens is 2. The Bertz CT molecular complexity index is 1380. The molecule has 1 aromatic heterocycles. The van der Waals surface area contributed by atoms with Crippen LogP contribution in [-0.2, 0) is 19.1 Å². The van der Waals surface area contributed by atoms with Crippen LogP contribution in [0.15, 0.2) is 103 Å². The Kier molecular flexibility index (Phi) is 7.67. The Morgan fingerprint density at radius 3 is 2.14 bits per heavy atom. The number of carbonyl (C=O) groups excluding carboxylic acids is 3. The number of esters is 1. The van der Waals surface area contributed by atoms with Gasteiger partial charge in [-0.3, -0.25) is 9.59 Å². The van der Waals surface area contributed by atoms with E-state index in [1.165, 1.54) is 13.0 Å². The minimum absolute atomic E-state index is 0.0674. The van der Waals surface area contributed by atoms with E-state index >= 15 is 0 Å². The van der Waals surface area contributed by atoms with E-state index in [0.717, 1.165) is 11.3 Å². The van der Waals surface area contributed by atoms with E-state index in [9.17, 15) is 14.4 Å². The fourth-order valence-electron chi connectivity index (χ4n) is 3.43. The first kappa shape index (κ1) is 24.2. The predicted octanol–water partition coefficient (Wildman–Crippen LogP) is 4.20. The highest BCUT2D eigenvalue weighted by molar-refractivity contribution is 5.99. The maximum atomic E-state index is 12.7. The summed E-state index contributed by atoms with van der Waals surface area (Å²) in [5, 5.41) is 9.86. The molecule has 8 heteroatoms. The van der Waals surface area contributed by atoms with Gasteiger partial charge in [-0.1, -0.05) is 78.9 Å². The highest BCUT2D eigenvalue weighted by Gasteiger charge is 2.17. The molecule has 180 valence electrons. The molecule has 0 aliphatic carbocycles. The summed E-state index contributed by atoms with van der Waals surface area (Å²) in [6.45, 7) is 0.735. The number of benzene rings is 3. The summed E-state index contributed by atoms with van der Waals surface area (Å²) >= 11 is 0. The zero-order chi connectivity index (χ0) is 25.3. The van der Waals surface area contributed by atoms with E-state index in [2.05, 4.69) is 15.7 Å². The quantitative estimate of drug-likeness (QED) is 0.291. The molecule has 8 nitrogen and oxygen atoms in total. The molecule has 4 rings (SSSR count). The Morgan fingerprint density at radius 1 is 0.889 bits per heavy atom. The van der Waals surface area contributed by atoms with Gasteiger partial charge in [0.15, 0.2) is 6.61 Å². The number of ether oxygens (including phenoxy) is 1. The Morgan fingerprint density at radius 2 is 1.50 bits per heavy atom. The fraction of sp³-hybridized carbons (Fsp3) is 0.0714. The van der Waals surface area contributed by atoms with Crippen molar-refractivity contribution in [1.29, 1.82) is 0 Å². The lowest BCUT2D eigenvalue weighted by molar-refractivity contribution is -0.144. The van der Waals surface area contributed by atoms with Crippen molar-refractivity contribution in [3.63, 3.8) is 0 Å². The number of carbonyl (C=O) groups is 3. The van der Waals surface area contributed by atoms with Gasteiger partial charge in [0.1, 0.15) is 11.5 Å². The van der Waals surface area contributed by atoms with E-state index < -0.39 is 24.4 Å². The van der Waals surface area contributed by atoms with Crippen LogP contribution in [0, 0.1) is 0 Å². The molecule has 0 bridgehead atoms. The van der Waals surface area contributed by atoms with Crippen molar-refractivity contribution >= 4 is 29.7 Å². The van der Waals surface area contributed by atoms with Crippen LogP contribution < -0.4 is 10.6 Å². The first-order chi connectivity index (χ1) is 17.5. The monoisotopic (exact) mass is 480 g/mol. The van der Waals surface area contributed by atoms with Gasteiger partial charge in [0.05, 0.1) is 11.4 Å². The van der Waals surface area contributed by atoms with Gasteiger partial charge in [0, 0.05) is 18.6 Å². The van der Waals surface area contributed by atoms with Crippen molar-refractivity contribution in [2.24, 2.45) is 0 Å². The fourth-order valence-corrected chi connectivity index (χ4v) is 3.43. The molecule has 4 aromatic rings. The van der Waals surface area contributed by atoms with Crippen molar-refractivity contribution in [2.75, 3.05) is 11.9 Å². The second-order valence-electron chi connectivity index (χ2n) is 7.80. The SMILES string of the molecule is CC(=O)N/C(=C\c1ccccc1)C(=O)OCC(=O)Nc1cc(-c2ccccc2)nn1-c1ccccc1. The molecular formula is C28H24N4O4. The highest BCUT2D eigenvalue weighted by atomic mass is 16.5. The van der Waals surface area contributed by atoms with Crippen LogP contribution in [0.1, 0.15) is 12.5 Å². The minimum atomic E-state index is -0.828. The van der Waals surface area contributed by atoms with E-state index in [-0.39, 0.29) is 5.70 Å². The van der Waals surface area contributed by atoms with Gasteiger partial charge in [-0.15, -0.1) is 0 Å². The number of amides is 2. The average Bonchev–Trinajstić information content (AvgIpc) is 3.32. The van der Waals surface area contributed by atoms with Crippen LogP contribution in [0.4, 0.5) is 5.82 Å². The Hall–Kier alpha value is -4.98. The summed E-state index contributed by atoms with van der Waals surface area (Å²) in [6, 6.07) is 29.7. The van der Waals surface area contributed by atoms with Gasteiger partial charge in [0.25, 0.3) is 5.91 Å². The van der Waals surface area contributed by atoms with Crippen LogP contribution in [0.5, 0.6) is 0 Å². The number of rotatable bonds is 8. The maximum Gasteiger partial charge on any atom is 0.355 e. The second-order valence-corrected chi connectivity index (χ2v) is 7.80. The smallest absolute Gasteiger partial charge is 0.355 e. The Balaban J connectivity index is 1.50. The Labute approximate surface area is 208 Å². The minimum Gasteiger partial charge on any atom is -0.451 e. The number of nitrogens with one attached hydrogen (secondary N) is 2. The standard InChI is InChI=1S/C28H24N4O4/c1-20(33)29-25(17-21-11-5-2-6-12-21)28(35)36-19-27(34)30-26-18-24(22-13-7-3-8-14-22)31-32(26)23-15-9-4-10-16-23/h2-18H,19H2,1H3,(H,29,33)(H,30,34)/b25-17-. The number of nitrogens with zero attached hydrogens (tertiary/aromatic N) is 2. The van der Waals surface area contributed by atoms with Gasteiger partial charge in [-0.25, -0.2) is 9.48 Å². The summed E-state index contributed by atoms with van der Waals surface area (Å²) in [7, 11) is 0. The molecule has 0 atom stereocenters. The maximum absolute atomic E-state index is 12.7. The van der Waals surface area contributed by atoms with Crippen LogP contribution >= 0.6 is 0 Å². The third-order valence-electron chi connectivity index (χ3n) is 5.02. The van der Waals surface area contributed by atoms with E-state index in [4.69, 9.17) is 4.74 Å². The van der Waals surface area contributed by atoms with Crippen molar-refractivity contribution in [3.05, 3.63) is 108 Å². The lowest BCUT2D eigenvalue weighted by atomic mass is 10.2. The largest absolute Gasteiger partial charge is 0.451 e. The van der Waals surface area contributed by atoms with E-state index in [1.54, 1.807) is 35.0 Å². The summed E-state index contributed by atoms with van der Waals surface area (Å²) in [6.07, 6.45) is 1.48. The molecule has 2 amide bonds. The van der Waals surface area contributed by atoms with Gasteiger partial charge in [-0.2, -0.15) is 5.10 Å². The number of hydrogen-bond donors (Lipinski definition) is 2. The zero-order valence-electron chi connectivity index (χ0n) is 19.5. The summed E-state index contributed by atoms with van der Waals surface area (Å²) in [5.41, 5.74) is 2.95. The zero-order valence-corrected chi connectivity index (χ0v) is 19.5. The first-order valence-electron chi connectivity index (χ1n) is 11.2. The van der Waals surface area contributed by atoms with Crippen molar-refractivity contribution in [1.82, 2.24) is 15.1 Å². The molecule has 0 unspecified atom stereocenters. The van der Waals surface area contributed by atoms with Crippen LogP contribution in [-0.4, -0.2) is 34.2 Å². The molecule has 0 saturated carbocycles. The average molecular weight is 481 g/mol. The third kappa shape index (κ3) is 6.32. The first-order valence-corrected chi connectivity index (χ1v) is 11.2. The van der Waals surface area contributed by atoms with Gasteiger partial charge in [-0.05, 0) is 23.8 Å². The third-order valence-corrected chi connectivity index (χ3v) is 5.02. The molecule has 3 aromatic carbocycles. The topological polar surface area (TPSA) is 102 Å². The lowest BCUT2D eigenvalue weighted by Gasteiger charge is -2.11. The van der Waals surface area contributed by atoms with Crippen molar-refractivity contribution in [3.8, 4) is 16.9 Å². The highest BCUT2D eigenvalue weighted by Crippen LogP contribution is 2.24. The van der Waals surface area contributed by atoms with Gasteiger partial charge >= 0.3 is 5.97 Å². The number of hydrogen-bond acceptors (Lipinski definition) is 5. The normalized spacial score (nSPS) is 11.0.